The minimum atomic E-state index is -0.761. The number of hydrogen-bond donors (Lipinski definition) is 0. The smallest absolute Gasteiger partial charge is 0.306 e. The lowest BCUT2D eigenvalue weighted by Gasteiger charge is -2.18. The third-order valence-corrected chi connectivity index (χ3v) is 11.0. The highest BCUT2D eigenvalue weighted by Crippen LogP contribution is 2.17. The fraction of sp³-hybridized carbons (Fsp3) is 0.939. The Balaban J connectivity index is 4.32. The van der Waals surface area contributed by atoms with E-state index in [0.29, 0.717) is 19.3 Å². The molecule has 0 spiro atoms. The molecule has 0 aromatic carbocycles. The van der Waals surface area contributed by atoms with Crippen molar-refractivity contribution in [2.24, 2.45) is 11.8 Å². The van der Waals surface area contributed by atoms with E-state index in [0.717, 1.165) is 69.6 Å². The molecular formula is C49H94O6. The Morgan fingerprint density at radius 1 is 0.345 bits per heavy atom. The van der Waals surface area contributed by atoms with Gasteiger partial charge in [-0.05, 0) is 31.1 Å². The van der Waals surface area contributed by atoms with Crippen LogP contribution in [0.4, 0.5) is 0 Å². The highest BCUT2D eigenvalue weighted by Gasteiger charge is 2.19. The molecule has 0 radical (unpaired) electrons. The topological polar surface area (TPSA) is 78.9 Å². The fourth-order valence-corrected chi connectivity index (χ4v) is 7.28. The van der Waals surface area contributed by atoms with Crippen LogP contribution in [0.5, 0.6) is 0 Å². The van der Waals surface area contributed by atoms with Gasteiger partial charge in [0.2, 0.25) is 0 Å². The third-order valence-electron chi connectivity index (χ3n) is 11.0. The zero-order valence-electron chi connectivity index (χ0n) is 37.6. The lowest BCUT2D eigenvalue weighted by molar-refractivity contribution is -0.167. The van der Waals surface area contributed by atoms with Gasteiger partial charge in [-0.1, -0.05) is 227 Å². The van der Waals surface area contributed by atoms with Gasteiger partial charge in [0.25, 0.3) is 0 Å². The summed E-state index contributed by atoms with van der Waals surface area (Å²) >= 11 is 0. The van der Waals surface area contributed by atoms with Crippen LogP contribution >= 0.6 is 0 Å². The number of rotatable bonds is 43. The van der Waals surface area contributed by atoms with Gasteiger partial charge in [0.15, 0.2) is 6.10 Å². The van der Waals surface area contributed by atoms with Crippen LogP contribution in [0.25, 0.3) is 0 Å². The summed E-state index contributed by atoms with van der Waals surface area (Å²) in [4.78, 5) is 37.8. The van der Waals surface area contributed by atoms with E-state index in [-0.39, 0.29) is 31.1 Å². The van der Waals surface area contributed by atoms with Crippen molar-refractivity contribution in [1.82, 2.24) is 0 Å². The zero-order chi connectivity index (χ0) is 40.5. The van der Waals surface area contributed by atoms with Crippen molar-refractivity contribution in [2.75, 3.05) is 13.2 Å². The third kappa shape index (κ3) is 43.4. The van der Waals surface area contributed by atoms with Crippen molar-refractivity contribution in [2.45, 2.75) is 272 Å². The lowest BCUT2D eigenvalue weighted by atomic mass is 10.0. The molecule has 0 saturated heterocycles. The number of carbonyl (C=O) groups excluding carboxylic acids is 3. The first kappa shape index (κ1) is 53.4. The van der Waals surface area contributed by atoms with Gasteiger partial charge in [-0.15, -0.1) is 0 Å². The molecule has 0 bridgehead atoms. The number of unbranched alkanes of at least 4 members (excludes halogenated alkanes) is 28. The van der Waals surface area contributed by atoms with E-state index < -0.39 is 6.10 Å². The molecule has 1 atom stereocenters. The Morgan fingerprint density at radius 3 is 0.891 bits per heavy atom. The molecule has 55 heavy (non-hydrogen) atoms. The summed E-state index contributed by atoms with van der Waals surface area (Å²) in [5, 5.41) is 0. The molecule has 0 rings (SSSR count). The van der Waals surface area contributed by atoms with Crippen molar-refractivity contribution in [3.05, 3.63) is 0 Å². The summed E-state index contributed by atoms with van der Waals surface area (Å²) in [5.41, 5.74) is 0. The molecule has 0 aliphatic carbocycles. The molecule has 326 valence electrons. The van der Waals surface area contributed by atoms with Crippen LogP contribution in [0.2, 0.25) is 0 Å². The van der Waals surface area contributed by atoms with Crippen LogP contribution in [-0.2, 0) is 28.6 Å². The maximum Gasteiger partial charge on any atom is 0.306 e. The first-order valence-corrected chi connectivity index (χ1v) is 24.2. The first-order chi connectivity index (χ1) is 26.7. The van der Waals surface area contributed by atoms with Crippen molar-refractivity contribution in [3.63, 3.8) is 0 Å². The molecule has 0 aliphatic heterocycles. The molecule has 0 fully saturated rings. The second-order valence-corrected chi connectivity index (χ2v) is 17.7. The molecule has 0 aromatic heterocycles. The largest absolute Gasteiger partial charge is 0.462 e. The van der Waals surface area contributed by atoms with Crippen LogP contribution < -0.4 is 0 Å². The second kappa shape index (κ2) is 42.0. The maximum atomic E-state index is 12.7. The van der Waals surface area contributed by atoms with Crippen LogP contribution in [0.15, 0.2) is 0 Å². The van der Waals surface area contributed by atoms with Gasteiger partial charge in [0.1, 0.15) is 13.2 Å². The molecule has 0 saturated carbocycles. The quantitative estimate of drug-likeness (QED) is 0.0348. The summed E-state index contributed by atoms with van der Waals surface area (Å²) in [6.07, 6.45) is 40.9. The average molecular weight is 779 g/mol. The van der Waals surface area contributed by atoms with E-state index in [1.54, 1.807) is 0 Å². The predicted molar refractivity (Wildman–Crippen MR) is 233 cm³/mol. The maximum absolute atomic E-state index is 12.7. The van der Waals surface area contributed by atoms with Gasteiger partial charge in [-0.25, -0.2) is 0 Å². The molecular weight excluding hydrogens is 685 g/mol. The Morgan fingerprint density at radius 2 is 0.600 bits per heavy atom. The molecule has 6 heteroatoms. The normalized spacial score (nSPS) is 12.1. The van der Waals surface area contributed by atoms with Gasteiger partial charge in [0, 0.05) is 19.3 Å². The Labute approximate surface area is 342 Å². The van der Waals surface area contributed by atoms with Gasteiger partial charge in [-0.2, -0.15) is 0 Å². The molecule has 0 aromatic rings. The van der Waals surface area contributed by atoms with Gasteiger partial charge in [0.05, 0.1) is 0 Å². The van der Waals surface area contributed by atoms with Gasteiger partial charge >= 0.3 is 17.9 Å². The highest BCUT2D eigenvalue weighted by molar-refractivity contribution is 5.71. The summed E-state index contributed by atoms with van der Waals surface area (Å²) < 4.78 is 16.7. The Hall–Kier alpha value is -1.59. The minimum Gasteiger partial charge on any atom is -0.462 e. The molecule has 0 aliphatic rings. The fourth-order valence-electron chi connectivity index (χ4n) is 7.28. The van der Waals surface area contributed by atoms with E-state index in [1.807, 2.05) is 0 Å². The van der Waals surface area contributed by atoms with E-state index in [2.05, 4.69) is 34.6 Å². The van der Waals surface area contributed by atoms with Crippen molar-refractivity contribution in [1.29, 1.82) is 0 Å². The van der Waals surface area contributed by atoms with Crippen molar-refractivity contribution < 1.29 is 28.6 Å². The number of carbonyl (C=O) groups is 3. The molecule has 0 amide bonds. The standard InChI is InChI=1S/C49H94O6/c1-6-7-8-9-10-11-14-18-24-29-34-39-47(50)53-42-46(43-54-48(51)40-35-30-25-21-20-23-28-33-38-45(4)5)55-49(52)41-36-31-26-19-16-13-12-15-17-22-27-32-37-44(2)3/h44-46H,6-43H2,1-5H3/t46-/m1/s1. The van der Waals surface area contributed by atoms with Crippen LogP contribution in [-0.4, -0.2) is 37.2 Å². The van der Waals surface area contributed by atoms with Crippen LogP contribution in [0.1, 0.15) is 266 Å². The average Bonchev–Trinajstić information content (AvgIpc) is 3.15. The van der Waals surface area contributed by atoms with Crippen LogP contribution in [0.3, 0.4) is 0 Å². The Kier molecular flexibility index (Phi) is 40.8. The summed E-state index contributed by atoms with van der Waals surface area (Å²) in [6.45, 7) is 11.3. The number of ether oxygens (including phenoxy) is 3. The van der Waals surface area contributed by atoms with Gasteiger partial charge < -0.3 is 14.2 Å². The zero-order valence-corrected chi connectivity index (χ0v) is 37.6. The van der Waals surface area contributed by atoms with E-state index in [1.165, 1.54) is 154 Å². The molecule has 6 nitrogen and oxygen atoms in total. The number of esters is 3. The molecule has 0 heterocycles. The minimum absolute atomic E-state index is 0.0645. The SMILES string of the molecule is CCCCCCCCCCCCCC(=O)OC[C@H](COC(=O)CCCCCCCCCCC(C)C)OC(=O)CCCCCCCCCCCCCCC(C)C. The summed E-state index contributed by atoms with van der Waals surface area (Å²) in [6, 6.07) is 0. The van der Waals surface area contributed by atoms with E-state index in [4.69, 9.17) is 14.2 Å². The van der Waals surface area contributed by atoms with Crippen LogP contribution in [0, 0.1) is 11.8 Å². The number of hydrogen-bond acceptors (Lipinski definition) is 6. The Bertz CT molecular complexity index is 839. The second-order valence-electron chi connectivity index (χ2n) is 17.7. The monoisotopic (exact) mass is 779 g/mol. The predicted octanol–water partition coefficient (Wildman–Crippen LogP) is 15.4. The van der Waals surface area contributed by atoms with E-state index >= 15 is 0 Å². The van der Waals surface area contributed by atoms with E-state index in [9.17, 15) is 14.4 Å². The van der Waals surface area contributed by atoms with Crippen molar-refractivity contribution in [3.8, 4) is 0 Å². The highest BCUT2D eigenvalue weighted by atomic mass is 16.6. The molecule has 0 N–H and O–H groups in total. The summed E-state index contributed by atoms with van der Waals surface area (Å²) in [7, 11) is 0. The molecule has 0 unspecified atom stereocenters. The summed E-state index contributed by atoms with van der Waals surface area (Å²) in [5.74, 6) is 0.774. The lowest BCUT2D eigenvalue weighted by Crippen LogP contribution is -2.30. The van der Waals surface area contributed by atoms with Gasteiger partial charge in [-0.3, -0.25) is 14.4 Å². The van der Waals surface area contributed by atoms with Crippen molar-refractivity contribution >= 4 is 17.9 Å². The first-order valence-electron chi connectivity index (χ1n) is 24.2.